The molecule has 1 atom stereocenters. The van der Waals surface area contributed by atoms with Gasteiger partial charge in [-0.15, -0.1) is 0 Å². The minimum Gasteiger partial charge on any atom is -0.0843 e. The molecule has 0 amide bonds. The summed E-state index contributed by atoms with van der Waals surface area (Å²) in [5.41, 5.74) is 1.73. The van der Waals surface area contributed by atoms with Crippen molar-refractivity contribution < 1.29 is 0 Å². The van der Waals surface area contributed by atoms with Crippen LogP contribution >= 0.6 is 22.6 Å². The zero-order valence-corrected chi connectivity index (χ0v) is 10.1. The Morgan fingerprint density at radius 1 is 1.50 bits per heavy atom. The molecule has 0 spiro atoms. The van der Waals surface area contributed by atoms with E-state index in [1.165, 1.54) is 44.9 Å². The summed E-state index contributed by atoms with van der Waals surface area (Å²) in [6.07, 6.45) is 12.1. The molecule has 0 fully saturated rings. The third kappa shape index (κ3) is 3.92. The lowest BCUT2D eigenvalue weighted by molar-refractivity contribution is 0.655. The lowest BCUT2D eigenvalue weighted by Gasteiger charge is -2.16. The molecule has 1 aliphatic rings. The summed E-state index contributed by atoms with van der Waals surface area (Å²) in [7, 11) is 0. The first kappa shape index (κ1) is 10.6. The van der Waals surface area contributed by atoms with Gasteiger partial charge in [0.05, 0.1) is 0 Å². The van der Waals surface area contributed by atoms with Crippen molar-refractivity contribution in [1.29, 1.82) is 0 Å². The molecule has 0 radical (unpaired) electrons. The zero-order chi connectivity index (χ0) is 8.81. The summed E-state index contributed by atoms with van der Waals surface area (Å²) in [5.74, 6) is 0. The maximum Gasteiger partial charge on any atom is 0.0147 e. The van der Waals surface area contributed by atoms with Gasteiger partial charge in [0.25, 0.3) is 0 Å². The van der Waals surface area contributed by atoms with Crippen molar-refractivity contribution in [1.82, 2.24) is 0 Å². The van der Waals surface area contributed by atoms with Crippen LogP contribution in [0.3, 0.4) is 0 Å². The van der Waals surface area contributed by atoms with Crippen molar-refractivity contribution in [2.45, 2.75) is 55.8 Å². The van der Waals surface area contributed by atoms with Crippen LogP contribution in [0.15, 0.2) is 11.6 Å². The van der Waals surface area contributed by atoms with Crippen LogP contribution in [0.4, 0.5) is 0 Å². The minimum atomic E-state index is 0.914. The molecular formula is C11H19I. The summed E-state index contributed by atoms with van der Waals surface area (Å²) in [6, 6.07) is 0. The maximum atomic E-state index is 2.57. The topological polar surface area (TPSA) is 0 Å². The highest BCUT2D eigenvalue weighted by atomic mass is 127. The lowest BCUT2D eigenvalue weighted by Crippen LogP contribution is -2.03. The molecule has 0 aromatic heterocycles. The van der Waals surface area contributed by atoms with Gasteiger partial charge in [0.2, 0.25) is 0 Å². The monoisotopic (exact) mass is 278 g/mol. The van der Waals surface area contributed by atoms with Crippen molar-refractivity contribution in [3.05, 3.63) is 11.6 Å². The van der Waals surface area contributed by atoms with Crippen LogP contribution < -0.4 is 0 Å². The predicted molar refractivity (Wildman–Crippen MR) is 63.9 cm³/mol. The molecule has 0 saturated carbocycles. The number of allylic oxidation sites excluding steroid dienone is 2. The van der Waals surface area contributed by atoms with E-state index in [-0.39, 0.29) is 0 Å². The standard InChI is InChI=1S/C11H19I/c1-2-3-4-5-10-6-8-11(12)9-7-10/h6,11H,2-5,7-9H2,1H3. The van der Waals surface area contributed by atoms with Crippen LogP contribution in [0.25, 0.3) is 0 Å². The SMILES string of the molecule is CCCCCC1=CCC(I)CC1. The maximum absolute atomic E-state index is 2.57. The number of hydrogen-bond acceptors (Lipinski definition) is 0. The van der Waals surface area contributed by atoms with Crippen molar-refractivity contribution in [3.8, 4) is 0 Å². The van der Waals surface area contributed by atoms with Gasteiger partial charge in [-0.05, 0) is 32.1 Å². The molecule has 0 aromatic carbocycles. The zero-order valence-electron chi connectivity index (χ0n) is 7.98. The fourth-order valence-electron chi connectivity index (χ4n) is 1.69. The highest BCUT2D eigenvalue weighted by molar-refractivity contribution is 14.1. The summed E-state index contributed by atoms with van der Waals surface area (Å²) in [5, 5.41) is 0. The van der Waals surface area contributed by atoms with E-state index in [9.17, 15) is 0 Å². The van der Waals surface area contributed by atoms with Gasteiger partial charge in [-0.25, -0.2) is 0 Å². The van der Waals surface area contributed by atoms with Gasteiger partial charge >= 0.3 is 0 Å². The normalized spacial score (nSPS) is 23.8. The molecule has 0 aromatic rings. The second kappa shape index (κ2) is 6.01. The van der Waals surface area contributed by atoms with Crippen LogP contribution in [-0.2, 0) is 0 Å². The Bertz CT molecular complexity index is 149. The molecule has 0 nitrogen and oxygen atoms in total. The molecule has 1 heteroatoms. The van der Waals surface area contributed by atoms with E-state index in [0.717, 1.165) is 3.92 Å². The Morgan fingerprint density at radius 2 is 2.33 bits per heavy atom. The Morgan fingerprint density at radius 3 is 2.92 bits per heavy atom. The van der Waals surface area contributed by atoms with E-state index in [1.807, 2.05) is 0 Å². The Balaban J connectivity index is 2.15. The molecule has 0 bridgehead atoms. The van der Waals surface area contributed by atoms with Crippen molar-refractivity contribution in [2.24, 2.45) is 0 Å². The first-order chi connectivity index (χ1) is 5.83. The van der Waals surface area contributed by atoms with E-state index in [4.69, 9.17) is 0 Å². The van der Waals surface area contributed by atoms with Crippen molar-refractivity contribution >= 4 is 22.6 Å². The summed E-state index contributed by atoms with van der Waals surface area (Å²) in [4.78, 5) is 0. The molecule has 0 heterocycles. The third-order valence-corrected chi connectivity index (χ3v) is 3.67. The second-order valence-electron chi connectivity index (χ2n) is 3.69. The molecule has 1 unspecified atom stereocenters. The first-order valence-electron chi connectivity index (χ1n) is 5.15. The Labute approximate surface area is 90.0 Å². The fourth-order valence-corrected chi connectivity index (χ4v) is 2.25. The van der Waals surface area contributed by atoms with Gasteiger partial charge in [-0.1, -0.05) is 54.0 Å². The average molecular weight is 278 g/mol. The van der Waals surface area contributed by atoms with Crippen LogP contribution in [0.2, 0.25) is 0 Å². The second-order valence-corrected chi connectivity index (χ2v) is 5.45. The number of alkyl halides is 1. The summed E-state index contributed by atoms with van der Waals surface area (Å²) < 4.78 is 0.914. The molecular weight excluding hydrogens is 259 g/mol. The number of rotatable bonds is 4. The highest BCUT2D eigenvalue weighted by Crippen LogP contribution is 2.26. The Kier molecular flexibility index (Phi) is 5.28. The van der Waals surface area contributed by atoms with Gasteiger partial charge in [0.1, 0.15) is 0 Å². The summed E-state index contributed by atoms with van der Waals surface area (Å²) in [6.45, 7) is 2.27. The van der Waals surface area contributed by atoms with E-state index in [0.29, 0.717) is 0 Å². The smallest absolute Gasteiger partial charge is 0.0147 e. The van der Waals surface area contributed by atoms with Crippen molar-refractivity contribution in [2.75, 3.05) is 0 Å². The highest BCUT2D eigenvalue weighted by Gasteiger charge is 2.10. The molecule has 1 rings (SSSR count). The van der Waals surface area contributed by atoms with Crippen LogP contribution in [0.5, 0.6) is 0 Å². The molecule has 0 aliphatic heterocycles. The number of hydrogen-bond donors (Lipinski definition) is 0. The third-order valence-electron chi connectivity index (χ3n) is 2.54. The number of halogens is 1. The quantitative estimate of drug-likeness (QED) is 0.308. The van der Waals surface area contributed by atoms with E-state index in [1.54, 1.807) is 5.57 Å². The predicted octanol–water partition coefficient (Wildman–Crippen LogP) is 4.48. The van der Waals surface area contributed by atoms with Crippen LogP contribution in [-0.4, -0.2) is 3.92 Å². The van der Waals surface area contributed by atoms with Crippen LogP contribution in [0, 0.1) is 0 Å². The number of unbranched alkanes of at least 4 members (excludes halogenated alkanes) is 2. The molecule has 12 heavy (non-hydrogen) atoms. The largest absolute Gasteiger partial charge is 0.0843 e. The van der Waals surface area contributed by atoms with Crippen LogP contribution in [0.1, 0.15) is 51.9 Å². The van der Waals surface area contributed by atoms with Gasteiger partial charge < -0.3 is 0 Å². The van der Waals surface area contributed by atoms with Gasteiger partial charge in [0.15, 0.2) is 0 Å². The molecule has 1 aliphatic carbocycles. The van der Waals surface area contributed by atoms with Gasteiger partial charge in [-0.2, -0.15) is 0 Å². The lowest BCUT2D eigenvalue weighted by atomic mass is 9.95. The van der Waals surface area contributed by atoms with E-state index < -0.39 is 0 Å². The van der Waals surface area contributed by atoms with Crippen molar-refractivity contribution in [3.63, 3.8) is 0 Å². The fraction of sp³-hybridized carbons (Fsp3) is 0.818. The van der Waals surface area contributed by atoms with Gasteiger partial charge in [-0.3, -0.25) is 0 Å². The molecule has 70 valence electrons. The van der Waals surface area contributed by atoms with E-state index >= 15 is 0 Å². The average Bonchev–Trinajstić information content (AvgIpc) is 2.09. The molecule has 0 saturated heterocycles. The molecule has 0 N–H and O–H groups in total. The first-order valence-corrected chi connectivity index (χ1v) is 6.39. The summed E-state index contributed by atoms with van der Waals surface area (Å²) >= 11 is 2.57. The van der Waals surface area contributed by atoms with Gasteiger partial charge in [0, 0.05) is 3.92 Å². The Hall–Kier alpha value is 0.470. The van der Waals surface area contributed by atoms with E-state index in [2.05, 4.69) is 35.6 Å². The minimum absolute atomic E-state index is 0.914.